The molecule has 0 aliphatic carbocycles. The molecular formula is C16H22N4O2. The van der Waals surface area contributed by atoms with Gasteiger partial charge in [-0.15, -0.1) is 0 Å². The molecule has 6 nitrogen and oxygen atoms in total. The van der Waals surface area contributed by atoms with Crippen LogP contribution in [0.25, 0.3) is 5.69 Å². The molecule has 1 aromatic heterocycles. The van der Waals surface area contributed by atoms with Gasteiger partial charge in [-0.05, 0) is 37.6 Å². The summed E-state index contributed by atoms with van der Waals surface area (Å²) >= 11 is 0. The average molecular weight is 302 g/mol. The average Bonchev–Trinajstić information content (AvgIpc) is 3.00. The van der Waals surface area contributed by atoms with Gasteiger partial charge in [-0.2, -0.15) is 5.10 Å². The molecule has 0 aliphatic rings. The SMILES string of the molecule is CC(O)CN(C)C(=O)NC(C)c1ccc(-n2cccn2)cc1. The Morgan fingerprint density at radius 2 is 2.05 bits per heavy atom. The lowest BCUT2D eigenvalue weighted by molar-refractivity contribution is 0.142. The lowest BCUT2D eigenvalue weighted by Gasteiger charge is -2.22. The minimum atomic E-state index is -0.542. The van der Waals surface area contributed by atoms with Crippen LogP contribution in [0.2, 0.25) is 0 Å². The van der Waals surface area contributed by atoms with Crippen molar-refractivity contribution in [1.82, 2.24) is 20.0 Å². The molecular weight excluding hydrogens is 280 g/mol. The Kier molecular flexibility index (Phi) is 5.16. The second-order valence-corrected chi connectivity index (χ2v) is 5.44. The minimum Gasteiger partial charge on any atom is -0.392 e. The fourth-order valence-corrected chi connectivity index (χ4v) is 2.20. The fourth-order valence-electron chi connectivity index (χ4n) is 2.20. The predicted octanol–water partition coefficient (Wildman–Crippen LogP) is 1.96. The molecule has 2 amide bonds. The number of urea groups is 1. The summed E-state index contributed by atoms with van der Waals surface area (Å²) in [6.45, 7) is 3.88. The van der Waals surface area contributed by atoms with Crippen LogP contribution in [0.3, 0.4) is 0 Å². The van der Waals surface area contributed by atoms with Gasteiger partial charge in [0.05, 0.1) is 17.8 Å². The molecule has 6 heteroatoms. The van der Waals surface area contributed by atoms with Crippen molar-refractivity contribution in [3.63, 3.8) is 0 Å². The van der Waals surface area contributed by atoms with E-state index in [1.54, 1.807) is 24.9 Å². The van der Waals surface area contributed by atoms with Crippen LogP contribution in [0.5, 0.6) is 0 Å². The second kappa shape index (κ2) is 7.09. The van der Waals surface area contributed by atoms with E-state index in [1.807, 2.05) is 43.5 Å². The highest BCUT2D eigenvalue weighted by atomic mass is 16.3. The zero-order valence-electron chi connectivity index (χ0n) is 13.1. The largest absolute Gasteiger partial charge is 0.392 e. The molecule has 0 bridgehead atoms. The van der Waals surface area contributed by atoms with E-state index in [-0.39, 0.29) is 12.1 Å². The lowest BCUT2D eigenvalue weighted by atomic mass is 10.1. The summed E-state index contributed by atoms with van der Waals surface area (Å²) in [6, 6.07) is 9.41. The first-order valence-electron chi connectivity index (χ1n) is 7.27. The molecule has 2 atom stereocenters. The van der Waals surface area contributed by atoms with Gasteiger partial charge in [-0.25, -0.2) is 9.48 Å². The van der Waals surface area contributed by atoms with E-state index in [1.165, 1.54) is 4.90 Å². The van der Waals surface area contributed by atoms with Crippen LogP contribution in [-0.2, 0) is 0 Å². The lowest BCUT2D eigenvalue weighted by Crippen LogP contribution is -2.41. The number of rotatable bonds is 5. The Balaban J connectivity index is 1.98. The van der Waals surface area contributed by atoms with E-state index in [9.17, 15) is 9.90 Å². The van der Waals surface area contributed by atoms with Crippen LogP contribution in [0.1, 0.15) is 25.5 Å². The van der Waals surface area contributed by atoms with Crippen LogP contribution in [0.4, 0.5) is 4.79 Å². The van der Waals surface area contributed by atoms with E-state index >= 15 is 0 Å². The molecule has 22 heavy (non-hydrogen) atoms. The number of aliphatic hydroxyl groups excluding tert-OH is 1. The Morgan fingerprint density at radius 3 is 2.59 bits per heavy atom. The van der Waals surface area contributed by atoms with E-state index in [2.05, 4.69) is 10.4 Å². The number of nitrogens with one attached hydrogen (secondary N) is 1. The van der Waals surface area contributed by atoms with Gasteiger partial charge in [0.15, 0.2) is 0 Å². The van der Waals surface area contributed by atoms with Crippen molar-refractivity contribution < 1.29 is 9.90 Å². The van der Waals surface area contributed by atoms with Gasteiger partial charge in [0.2, 0.25) is 0 Å². The highest BCUT2D eigenvalue weighted by Gasteiger charge is 2.14. The monoisotopic (exact) mass is 302 g/mol. The van der Waals surface area contributed by atoms with Crippen LogP contribution >= 0.6 is 0 Å². The van der Waals surface area contributed by atoms with E-state index in [0.29, 0.717) is 6.54 Å². The van der Waals surface area contributed by atoms with Crippen LogP contribution < -0.4 is 5.32 Å². The maximum absolute atomic E-state index is 12.0. The van der Waals surface area contributed by atoms with E-state index < -0.39 is 6.10 Å². The summed E-state index contributed by atoms with van der Waals surface area (Å²) in [4.78, 5) is 13.5. The number of hydrogen-bond donors (Lipinski definition) is 2. The molecule has 2 aromatic rings. The molecule has 1 aromatic carbocycles. The third kappa shape index (κ3) is 4.08. The summed E-state index contributed by atoms with van der Waals surface area (Å²) in [6.07, 6.45) is 3.07. The molecule has 0 spiro atoms. The van der Waals surface area contributed by atoms with Crippen molar-refractivity contribution >= 4 is 6.03 Å². The molecule has 2 unspecified atom stereocenters. The Bertz CT molecular complexity index is 593. The first kappa shape index (κ1) is 16.0. The molecule has 2 rings (SSSR count). The summed E-state index contributed by atoms with van der Waals surface area (Å²) in [5.41, 5.74) is 1.98. The minimum absolute atomic E-state index is 0.115. The highest BCUT2D eigenvalue weighted by molar-refractivity contribution is 5.74. The Hall–Kier alpha value is -2.34. The van der Waals surface area contributed by atoms with Gasteiger partial charge >= 0.3 is 6.03 Å². The Morgan fingerprint density at radius 1 is 1.36 bits per heavy atom. The number of amides is 2. The standard InChI is InChI=1S/C16H22N4O2/c1-12(21)11-19(3)16(22)18-13(2)14-5-7-15(8-6-14)20-10-4-9-17-20/h4-10,12-13,21H,11H2,1-3H3,(H,18,22). The molecule has 0 saturated carbocycles. The fraction of sp³-hybridized carbons (Fsp3) is 0.375. The highest BCUT2D eigenvalue weighted by Crippen LogP contribution is 2.15. The number of carbonyl (C=O) groups excluding carboxylic acids is 1. The molecule has 0 fully saturated rings. The van der Waals surface area contributed by atoms with E-state index in [4.69, 9.17) is 0 Å². The number of carbonyl (C=O) groups is 1. The van der Waals surface area contributed by atoms with Crippen molar-refractivity contribution in [2.75, 3.05) is 13.6 Å². The molecule has 0 aliphatic heterocycles. The quantitative estimate of drug-likeness (QED) is 0.887. The third-order valence-corrected chi connectivity index (χ3v) is 3.39. The van der Waals surface area contributed by atoms with Gasteiger partial charge in [0.1, 0.15) is 0 Å². The number of aliphatic hydroxyl groups is 1. The van der Waals surface area contributed by atoms with E-state index in [0.717, 1.165) is 11.3 Å². The number of likely N-dealkylation sites (N-methyl/N-ethyl adjacent to an activating group) is 1. The van der Waals surface area contributed by atoms with Crippen molar-refractivity contribution in [2.24, 2.45) is 0 Å². The number of aromatic nitrogens is 2. The zero-order chi connectivity index (χ0) is 16.1. The molecule has 0 saturated heterocycles. The second-order valence-electron chi connectivity index (χ2n) is 5.44. The molecule has 2 N–H and O–H groups in total. The topological polar surface area (TPSA) is 70.4 Å². The van der Waals surface area contributed by atoms with Crippen LogP contribution in [0, 0.1) is 0 Å². The maximum Gasteiger partial charge on any atom is 0.317 e. The van der Waals surface area contributed by atoms with Crippen molar-refractivity contribution in [3.8, 4) is 5.69 Å². The summed E-state index contributed by atoms with van der Waals surface area (Å²) in [7, 11) is 1.66. The van der Waals surface area contributed by atoms with Crippen molar-refractivity contribution in [2.45, 2.75) is 26.0 Å². The van der Waals surface area contributed by atoms with Gasteiger partial charge in [0.25, 0.3) is 0 Å². The Labute approximate surface area is 130 Å². The predicted molar refractivity (Wildman–Crippen MR) is 84.8 cm³/mol. The van der Waals surface area contributed by atoms with Gasteiger partial charge in [0, 0.05) is 26.0 Å². The molecule has 118 valence electrons. The van der Waals surface area contributed by atoms with Gasteiger partial charge < -0.3 is 15.3 Å². The van der Waals surface area contributed by atoms with Crippen molar-refractivity contribution in [1.29, 1.82) is 0 Å². The number of nitrogens with zero attached hydrogens (tertiary/aromatic N) is 3. The van der Waals surface area contributed by atoms with Gasteiger partial charge in [-0.1, -0.05) is 12.1 Å². The smallest absolute Gasteiger partial charge is 0.317 e. The summed E-state index contributed by atoms with van der Waals surface area (Å²) < 4.78 is 1.78. The third-order valence-electron chi connectivity index (χ3n) is 3.39. The summed E-state index contributed by atoms with van der Waals surface area (Å²) in [5, 5.41) is 16.4. The van der Waals surface area contributed by atoms with Crippen LogP contribution in [-0.4, -0.2) is 45.5 Å². The molecule has 0 radical (unpaired) electrons. The first-order valence-corrected chi connectivity index (χ1v) is 7.27. The zero-order valence-corrected chi connectivity index (χ0v) is 13.1. The number of benzene rings is 1. The first-order chi connectivity index (χ1) is 10.5. The summed E-state index contributed by atoms with van der Waals surface area (Å²) in [5.74, 6) is 0. The number of hydrogen-bond acceptors (Lipinski definition) is 3. The normalized spacial score (nSPS) is 13.5. The van der Waals surface area contributed by atoms with Gasteiger partial charge in [-0.3, -0.25) is 0 Å². The van der Waals surface area contributed by atoms with Crippen LogP contribution in [0.15, 0.2) is 42.7 Å². The maximum atomic E-state index is 12.0. The van der Waals surface area contributed by atoms with Crippen molar-refractivity contribution in [3.05, 3.63) is 48.3 Å². The molecule has 1 heterocycles.